The Morgan fingerprint density at radius 2 is 1.89 bits per heavy atom. The molecule has 1 N–H and O–H groups in total. The molecule has 2 atom stereocenters. The molecule has 2 aromatic carbocycles. The predicted molar refractivity (Wildman–Crippen MR) is 112 cm³/mol. The molecule has 1 aliphatic rings. The summed E-state index contributed by atoms with van der Waals surface area (Å²) in [6, 6.07) is 13.2. The Kier molecular flexibility index (Phi) is 4.77. The summed E-state index contributed by atoms with van der Waals surface area (Å²) < 4.78 is 21.9. The number of hydrogen-bond donors (Lipinski definition) is 1. The number of nitrogens with zero attached hydrogens (tertiary/aromatic N) is 2. The summed E-state index contributed by atoms with van der Waals surface area (Å²) in [4.78, 5) is 4.64. The van der Waals surface area contributed by atoms with Gasteiger partial charge in [0.2, 0.25) is 5.95 Å². The lowest BCUT2D eigenvalue weighted by molar-refractivity contribution is 0.140. The van der Waals surface area contributed by atoms with Gasteiger partial charge in [0.15, 0.2) is 5.82 Å². The number of hydrogen-bond acceptors (Lipinski definition) is 3. The summed E-state index contributed by atoms with van der Waals surface area (Å²) in [5, 5.41) is 3.41. The number of rotatable bonds is 4. The lowest BCUT2D eigenvalue weighted by Gasteiger charge is -2.40. The van der Waals surface area contributed by atoms with Crippen molar-refractivity contribution in [3.63, 3.8) is 0 Å². The van der Waals surface area contributed by atoms with Gasteiger partial charge in [-0.05, 0) is 67.0 Å². The maximum Gasteiger partial charge on any atom is 0.208 e. The molecule has 148 valence electrons. The van der Waals surface area contributed by atoms with Crippen molar-refractivity contribution in [2.45, 2.75) is 46.1 Å². The van der Waals surface area contributed by atoms with Crippen LogP contribution in [0.2, 0.25) is 0 Å². The highest BCUT2D eigenvalue weighted by Gasteiger charge is 2.34. The maximum atomic E-state index is 14.5. The normalized spacial score (nSPS) is 21.6. The smallest absolute Gasteiger partial charge is 0.208 e. The molecule has 1 heterocycles. The first-order valence-corrected chi connectivity index (χ1v) is 9.94. The minimum Gasteiger partial charge on any atom is -0.497 e. The number of benzene rings is 2. The number of ether oxygens (including phenoxy) is 1. The third-order valence-electron chi connectivity index (χ3n) is 5.75. The average Bonchev–Trinajstić information content (AvgIpc) is 3.00. The molecule has 0 unspecified atom stereocenters. The summed E-state index contributed by atoms with van der Waals surface area (Å²) >= 11 is 0. The lowest BCUT2D eigenvalue weighted by atomic mass is 9.70. The van der Waals surface area contributed by atoms with Gasteiger partial charge >= 0.3 is 0 Å². The standard InChI is InChI=1S/C23H28FN3O/c1-15-12-17(14-23(2,3)13-15)27-20-7-5-6-19(24)21(20)26-22(27)25-16-8-10-18(28-4)11-9-16/h5-11,15,17H,12-14H2,1-4H3,(H,25,26)/t15-,17+/m1/s1. The van der Waals surface area contributed by atoms with Gasteiger partial charge < -0.3 is 14.6 Å². The highest BCUT2D eigenvalue weighted by Crippen LogP contribution is 2.46. The van der Waals surface area contributed by atoms with E-state index < -0.39 is 0 Å². The van der Waals surface area contributed by atoms with E-state index in [1.165, 1.54) is 12.5 Å². The van der Waals surface area contributed by atoms with Crippen LogP contribution in [-0.4, -0.2) is 16.7 Å². The van der Waals surface area contributed by atoms with Gasteiger partial charge in [0.1, 0.15) is 11.3 Å². The van der Waals surface area contributed by atoms with Crippen LogP contribution in [0, 0.1) is 17.2 Å². The molecule has 1 aromatic heterocycles. The Bertz CT molecular complexity index is 977. The monoisotopic (exact) mass is 381 g/mol. The topological polar surface area (TPSA) is 39.1 Å². The van der Waals surface area contributed by atoms with Gasteiger partial charge in [0, 0.05) is 11.7 Å². The van der Waals surface area contributed by atoms with Crippen molar-refractivity contribution in [3.8, 4) is 5.75 Å². The van der Waals surface area contributed by atoms with Gasteiger partial charge in [-0.1, -0.05) is 26.8 Å². The lowest BCUT2D eigenvalue weighted by Crippen LogP contribution is -2.29. The van der Waals surface area contributed by atoms with E-state index in [1.807, 2.05) is 30.3 Å². The van der Waals surface area contributed by atoms with Crippen molar-refractivity contribution in [2.75, 3.05) is 12.4 Å². The van der Waals surface area contributed by atoms with Crippen LogP contribution in [0.5, 0.6) is 5.75 Å². The molecule has 0 aliphatic heterocycles. The quantitative estimate of drug-likeness (QED) is 0.575. The van der Waals surface area contributed by atoms with E-state index in [0.29, 0.717) is 17.4 Å². The van der Waals surface area contributed by atoms with Gasteiger partial charge in [-0.15, -0.1) is 0 Å². The Morgan fingerprint density at radius 3 is 2.57 bits per heavy atom. The van der Waals surface area contributed by atoms with Crippen LogP contribution < -0.4 is 10.1 Å². The second-order valence-corrected chi connectivity index (χ2v) is 8.83. The number of anilines is 2. The minimum atomic E-state index is -0.280. The van der Waals surface area contributed by atoms with Crippen LogP contribution in [-0.2, 0) is 0 Å². The zero-order chi connectivity index (χ0) is 19.9. The van der Waals surface area contributed by atoms with E-state index in [-0.39, 0.29) is 17.3 Å². The molecule has 5 heteroatoms. The Morgan fingerprint density at radius 1 is 1.14 bits per heavy atom. The highest BCUT2D eigenvalue weighted by atomic mass is 19.1. The number of imidazole rings is 1. The first-order chi connectivity index (χ1) is 13.4. The minimum absolute atomic E-state index is 0.254. The van der Waals surface area contributed by atoms with Gasteiger partial charge in [-0.2, -0.15) is 0 Å². The number of methoxy groups -OCH3 is 1. The molecule has 3 aromatic rings. The molecule has 0 amide bonds. The number of fused-ring (bicyclic) bond motifs is 1. The Labute approximate surface area is 165 Å². The molecular weight excluding hydrogens is 353 g/mol. The van der Waals surface area contributed by atoms with E-state index in [9.17, 15) is 4.39 Å². The summed E-state index contributed by atoms with van der Waals surface area (Å²) in [6.45, 7) is 6.96. The van der Waals surface area contributed by atoms with Crippen LogP contribution in [0.4, 0.5) is 16.0 Å². The second-order valence-electron chi connectivity index (χ2n) is 8.83. The van der Waals surface area contributed by atoms with Crippen LogP contribution in [0.25, 0.3) is 11.0 Å². The van der Waals surface area contributed by atoms with Crippen LogP contribution in [0.1, 0.15) is 46.1 Å². The summed E-state index contributed by atoms with van der Waals surface area (Å²) in [5.41, 5.74) is 2.44. The zero-order valence-corrected chi connectivity index (χ0v) is 17.0. The summed E-state index contributed by atoms with van der Waals surface area (Å²) in [6.07, 6.45) is 3.34. The molecule has 0 bridgehead atoms. The van der Waals surface area contributed by atoms with E-state index in [1.54, 1.807) is 13.2 Å². The Balaban J connectivity index is 1.79. The van der Waals surface area contributed by atoms with Crippen molar-refractivity contribution in [3.05, 3.63) is 48.3 Å². The zero-order valence-electron chi connectivity index (χ0n) is 17.0. The number of halogens is 1. The number of para-hydroxylation sites is 1. The van der Waals surface area contributed by atoms with Crippen LogP contribution in [0.15, 0.2) is 42.5 Å². The van der Waals surface area contributed by atoms with E-state index in [4.69, 9.17) is 4.74 Å². The summed E-state index contributed by atoms with van der Waals surface area (Å²) in [7, 11) is 1.65. The molecule has 1 fully saturated rings. The molecule has 1 aliphatic carbocycles. The fourth-order valence-corrected chi connectivity index (χ4v) is 4.84. The third kappa shape index (κ3) is 3.58. The first kappa shape index (κ1) is 18.8. The van der Waals surface area contributed by atoms with Crippen LogP contribution in [0.3, 0.4) is 0 Å². The van der Waals surface area contributed by atoms with Crippen molar-refractivity contribution in [1.82, 2.24) is 9.55 Å². The van der Waals surface area contributed by atoms with Crippen LogP contribution >= 0.6 is 0 Å². The number of nitrogens with one attached hydrogen (secondary N) is 1. The molecule has 0 spiro atoms. The van der Waals surface area contributed by atoms with Crippen molar-refractivity contribution in [1.29, 1.82) is 0 Å². The van der Waals surface area contributed by atoms with Gasteiger partial charge in [0.25, 0.3) is 0 Å². The van der Waals surface area contributed by atoms with Crippen molar-refractivity contribution in [2.24, 2.45) is 11.3 Å². The SMILES string of the molecule is COc1ccc(Nc2nc3c(F)cccc3n2[C@H]2C[C@@H](C)CC(C)(C)C2)cc1. The maximum absolute atomic E-state index is 14.5. The number of aromatic nitrogens is 2. The molecule has 4 rings (SSSR count). The Hall–Kier alpha value is -2.56. The average molecular weight is 381 g/mol. The largest absolute Gasteiger partial charge is 0.497 e. The molecule has 4 nitrogen and oxygen atoms in total. The highest BCUT2D eigenvalue weighted by molar-refractivity contribution is 5.80. The van der Waals surface area contributed by atoms with E-state index >= 15 is 0 Å². The molecule has 0 saturated heterocycles. The van der Waals surface area contributed by atoms with E-state index in [2.05, 4.69) is 35.6 Å². The van der Waals surface area contributed by atoms with Gasteiger partial charge in [-0.3, -0.25) is 0 Å². The molecule has 28 heavy (non-hydrogen) atoms. The van der Waals surface area contributed by atoms with Crippen molar-refractivity contribution >= 4 is 22.7 Å². The summed E-state index contributed by atoms with van der Waals surface area (Å²) in [5.74, 6) is 1.83. The van der Waals surface area contributed by atoms with E-state index in [0.717, 1.165) is 29.8 Å². The third-order valence-corrected chi connectivity index (χ3v) is 5.75. The second kappa shape index (κ2) is 7.12. The predicted octanol–water partition coefficient (Wildman–Crippen LogP) is 6.31. The fraction of sp³-hybridized carbons (Fsp3) is 0.435. The van der Waals surface area contributed by atoms with Gasteiger partial charge in [-0.25, -0.2) is 9.37 Å². The van der Waals surface area contributed by atoms with Crippen molar-refractivity contribution < 1.29 is 9.13 Å². The first-order valence-electron chi connectivity index (χ1n) is 9.94. The van der Waals surface area contributed by atoms with Gasteiger partial charge in [0.05, 0.1) is 12.6 Å². The molecule has 1 saturated carbocycles. The molecule has 0 radical (unpaired) electrons. The fourth-order valence-electron chi connectivity index (χ4n) is 4.84. The molecular formula is C23H28FN3O.